The average Bonchev–Trinajstić information content (AvgIpc) is 3.43. The van der Waals surface area contributed by atoms with Crippen LogP contribution in [0.1, 0.15) is 26.6 Å². The van der Waals surface area contributed by atoms with E-state index in [1.165, 1.54) is 31.6 Å². The molecule has 0 atom stereocenters. The maximum Gasteiger partial charge on any atom is 0.289 e. The monoisotopic (exact) mass is 498 g/mol. The van der Waals surface area contributed by atoms with Gasteiger partial charge in [0.1, 0.15) is 10.6 Å². The van der Waals surface area contributed by atoms with Gasteiger partial charge in [-0.3, -0.25) is 14.6 Å². The maximum atomic E-state index is 13.1. The first-order valence-corrected chi connectivity index (χ1v) is 12.6. The second-order valence-corrected chi connectivity index (χ2v) is 9.63. The zero-order valence-corrected chi connectivity index (χ0v) is 20.0. The first-order chi connectivity index (χ1) is 16.9. The minimum Gasteiger partial charge on any atom is -0.495 e. The molecule has 1 aliphatic rings. The van der Waals surface area contributed by atoms with E-state index in [0.717, 1.165) is 5.69 Å². The van der Waals surface area contributed by atoms with E-state index in [0.29, 0.717) is 32.6 Å². The Balaban J connectivity index is 1.43. The van der Waals surface area contributed by atoms with Crippen LogP contribution in [0, 0.1) is 0 Å². The van der Waals surface area contributed by atoms with Gasteiger partial charge in [-0.15, -0.1) is 0 Å². The van der Waals surface area contributed by atoms with Gasteiger partial charge in [0.25, 0.3) is 11.8 Å². The Kier molecular flexibility index (Phi) is 7.47. The first kappa shape index (κ1) is 24.4. The minimum atomic E-state index is -3.94. The highest BCUT2D eigenvalue weighted by Gasteiger charge is 2.28. The molecule has 0 radical (unpaired) electrons. The van der Waals surface area contributed by atoms with Crippen molar-refractivity contribution in [2.24, 2.45) is 0 Å². The van der Waals surface area contributed by atoms with Crippen LogP contribution in [0.4, 0.5) is 0 Å². The number of carbonyl (C=O) groups is 2. The summed E-state index contributed by atoms with van der Waals surface area (Å²) in [6.07, 6.45) is 3.51. The summed E-state index contributed by atoms with van der Waals surface area (Å²) in [5.74, 6) is -0.148. The number of hydrogen-bond acceptors (Lipinski definition) is 7. The zero-order valence-electron chi connectivity index (χ0n) is 19.2. The molecular weight excluding hydrogens is 472 g/mol. The molecule has 11 heteroatoms. The number of pyridine rings is 1. The topological polar surface area (TPSA) is 122 Å². The summed E-state index contributed by atoms with van der Waals surface area (Å²) in [6.45, 7) is 1.49. The van der Waals surface area contributed by atoms with Crippen molar-refractivity contribution in [2.45, 2.75) is 11.3 Å². The van der Waals surface area contributed by atoms with Gasteiger partial charge in [0.05, 0.1) is 13.4 Å². The van der Waals surface area contributed by atoms with Gasteiger partial charge in [-0.2, -0.15) is 0 Å². The van der Waals surface area contributed by atoms with Gasteiger partial charge in [-0.25, -0.2) is 13.1 Å². The van der Waals surface area contributed by atoms with Crippen LogP contribution in [-0.2, 0) is 16.4 Å². The molecule has 0 unspecified atom stereocenters. The van der Waals surface area contributed by atoms with Crippen molar-refractivity contribution in [1.82, 2.24) is 19.5 Å². The van der Waals surface area contributed by atoms with E-state index in [4.69, 9.17) is 9.15 Å². The van der Waals surface area contributed by atoms with Gasteiger partial charge < -0.3 is 19.0 Å². The van der Waals surface area contributed by atoms with E-state index >= 15 is 0 Å². The molecule has 1 aliphatic heterocycles. The molecule has 0 bridgehead atoms. The second kappa shape index (κ2) is 10.7. The molecular formula is C24H26N4O6S. The molecule has 3 heterocycles. The van der Waals surface area contributed by atoms with Gasteiger partial charge in [-0.05, 0) is 42.5 Å². The molecule has 35 heavy (non-hydrogen) atoms. The number of furan rings is 1. The number of aromatic nitrogens is 1. The lowest BCUT2D eigenvalue weighted by Crippen LogP contribution is -2.50. The van der Waals surface area contributed by atoms with Crippen LogP contribution in [0.3, 0.4) is 0 Å². The summed E-state index contributed by atoms with van der Waals surface area (Å²) in [4.78, 5) is 32.9. The number of nitrogens with zero attached hydrogens (tertiary/aromatic N) is 3. The zero-order chi connectivity index (χ0) is 24.8. The third-order valence-electron chi connectivity index (χ3n) is 5.69. The normalized spacial score (nSPS) is 14.1. The van der Waals surface area contributed by atoms with Crippen molar-refractivity contribution in [1.29, 1.82) is 0 Å². The number of methoxy groups -OCH3 is 1. The summed E-state index contributed by atoms with van der Waals surface area (Å²) in [6, 6.07) is 13.0. The number of ether oxygens (including phenoxy) is 1. The van der Waals surface area contributed by atoms with Gasteiger partial charge in [0, 0.05) is 56.6 Å². The SMILES string of the molecule is COc1ccc(C(=O)N2CCN(C(=O)c3ccco3)CC2)cc1S(=O)(=O)NCCc1ccccn1. The second-order valence-electron chi connectivity index (χ2n) is 7.90. The molecule has 1 fully saturated rings. The Morgan fingerprint density at radius 3 is 2.40 bits per heavy atom. The molecule has 0 spiro atoms. The molecule has 0 aliphatic carbocycles. The molecule has 4 rings (SSSR count). The van der Waals surface area contributed by atoms with Crippen LogP contribution in [0.2, 0.25) is 0 Å². The summed E-state index contributed by atoms with van der Waals surface area (Å²) >= 11 is 0. The Hall–Kier alpha value is -3.70. The van der Waals surface area contributed by atoms with E-state index in [2.05, 4.69) is 9.71 Å². The highest BCUT2D eigenvalue weighted by atomic mass is 32.2. The largest absolute Gasteiger partial charge is 0.495 e. The van der Waals surface area contributed by atoms with Crippen LogP contribution >= 0.6 is 0 Å². The highest BCUT2D eigenvalue weighted by Crippen LogP contribution is 2.26. The summed E-state index contributed by atoms with van der Waals surface area (Å²) in [5.41, 5.74) is 0.984. The Morgan fingerprint density at radius 1 is 1.03 bits per heavy atom. The summed E-state index contributed by atoms with van der Waals surface area (Å²) in [5, 5.41) is 0. The van der Waals surface area contributed by atoms with Crippen molar-refractivity contribution in [3.8, 4) is 5.75 Å². The van der Waals surface area contributed by atoms with Crippen molar-refractivity contribution in [3.63, 3.8) is 0 Å². The van der Waals surface area contributed by atoms with E-state index in [1.54, 1.807) is 34.2 Å². The Labute approximate surface area is 203 Å². The van der Waals surface area contributed by atoms with E-state index in [9.17, 15) is 18.0 Å². The van der Waals surface area contributed by atoms with Crippen LogP contribution in [0.25, 0.3) is 0 Å². The van der Waals surface area contributed by atoms with Gasteiger partial charge in [0.15, 0.2) is 5.76 Å². The van der Waals surface area contributed by atoms with E-state index in [1.807, 2.05) is 12.1 Å². The highest BCUT2D eigenvalue weighted by molar-refractivity contribution is 7.89. The molecule has 1 saturated heterocycles. The number of rotatable bonds is 8. The number of nitrogens with one attached hydrogen (secondary N) is 1. The average molecular weight is 499 g/mol. The van der Waals surface area contributed by atoms with E-state index < -0.39 is 10.0 Å². The van der Waals surface area contributed by atoms with Gasteiger partial charge in [0.2, 0.25) is 10.0 Å². The lowest BCUT2D eigenvalue weighted by Gasteiger charge is -2.34. The smallest absolute Gasteiger partial charge is 0.289 e. The molecule has 0 saturated carbocycles. The number of benzene rings is 1. The first-order valence-electron chi connectivity index (χ1n) is 11.1. The number of hydrogen-bond donors (Lipinski definition) is 1. The lowest BCUT2D eigenvalue weighted by atomic mass is 10.1. The minimum absolute atomic E-state index is 0.112. The Bertz CT molecular complexity index is 1270. The molecule has 1 aromatic carbocycles. The van der Waals surface area contributed by atoms with Gasteiger partial charge >= 0.3 is 0 Å². The number of sulfonamides is 1. The predicted octanol–water partition coefficient (Wildman–Crippen LogP) is 1.80. The molecule has 184 valence electrons. The quantitative estimate of drug-likeness (QED) is 0.503. The van der Waals surface area contributed by atoms with Crippen LogP contribution < -0.4 is 9.46 Å². The summed E-state index contributed by atoms with van der Waals surface area (Å²) in [7, 11) is -2.57. The maximum absolute atomic E-state index is 13.1. The summed E-state index contributed by atoms with van der Waals surface area (Å²) < 4.78 is 38.9. The fourth-order valence-corrected chi connectivity index (χ4v) is 5.03. The molecule has 10 nitrogen and oxygen atoms in total. The van der Waals surface area contributed by atoms with Gasteiger partial charge in [-0.1, -0.05) is 6.07 Å². The van der Waals surface area contributed by atoms with Crippen molar-refractivity contribution < 1.29 is 27.2 Å². The molecule has 2 aromatic heterocycles. The number of amides is 2. The van der Waals surface area contributed by atoms with E-state index in [-0.39, 0.29) is 40.3 Å². The Morgan fingerprint density at radius 2 is 1.77 bits per heavy atom. The molecule has 1 N–H and O–H groups in total. The fourth-order valence-electron chi connectivity index (χ4n) is 3.81. The molecule has 2 amide bonds. The fraction of sp³-hybridized carbons (Fsp3) is 0.292. The standard InChI is InChI=1S/C24H26N4O6S/c1-33-20-8-7-18(17-22(20)35(31,32)26-11-9-19-5-2-3-10-25-19)23(29)27-12-14-28(15-13-27)24(30)21-6-4-16-34-21/h2-8,10,16-17,26H,9,11-15H2,1H3. The third kappa shape index (κ3) is 5.69. The van der Waals surface area contributed by atoms with Crippen molar-refractivity contribution in [3.05, 3.63) is 78.0 Å². The van der Waals surface area contributed by atoms with Crippen molar-refractivity contribution >= 4 is 21.8 Å². The number of piperazine rings is 1. The van der Waals surface area contributed by atoms with Crippen LogP contribution in [-0.4, -0.2) is 74.8 Å². The number of carbonyl (C=O) groups excluding carboxylic acids is 2. The lowest BCUT2D eigenvalue weighted by molar-refractivity contribution is 0.0518. The van der Waals surface area contributed by atoms with Crippen LogP contribution in [0.15, 0.2) is 70.3 Å². The van der Waals surface area contributed by atoms with Crippen molar-refractivity contribution in [2.75, 3.05) is 39.8 Å². The third-order valence-corrected chi connectivity index (χ3v) is 7.17. The molecule has 3 aromatic rings. The predicted molar refractivity (Wildman–Crippen MR) is 127 cm³/mol. The van der Waals surface area contributed by atoms with Crippen LogP contribution in [0.5, 0.6) is 5.75 Å².